The van der Waals surface area contributed by atoms with Gasteiger partial charge < -0.3 is 14.2 Å². The molecular formula is C22H26ClNO3. The quantitative estimate of drug-likeness (QED) is 0.574. The molecule has 2 rings (SSSR count). The van der Waals surface area contributed by atoms with Crippen molar-refractivity contribution in [2.45, 2.75) is 40.0 Å². The highest BCUT2D eigenvalue weighted by Gasteiger charge is 2.19. The molecule has 0 aromatic heterocycles. The molecule has 2 aromatic carbocycles. The second-order valence-corrected chi connectivity index (χ2v) is 7.68. The summed E-state index contributed by atoms with van der Waals surface area (Å²) in [5.74, 6) is 1.75. The minimum absolute atomic E-state index is 0.0131. The summed E-state index contributed by atoms with van der Waals surface area (Å²) in [7, 11) is 0. The first kappa shape index (κ1) is 20.9. The Bertz CT molecular complexity index is 835. The van der Waals surface area contributed by atoms with E-state index in [4.69, 9.17) is 31.1 Å². The van der Waals surface area contributed by atoms with E-state index in [-0.39, 0.29) is 5.41 Å². The van der Waals surface area contributed by atoms with Crippen molar-refractivity contribution in [1.82, 2.24) is 0 Å². The molecule has 0 unspecified atom stereocenters. The van der Waals surface area contributed by atoms with Gasteiger partial charge in [0.1, 0.15) is 19.0 Å². The largest absolute Gasteiger partial charge is 0.490 e. The van der Waals surface area contributed by atoms with Crippen molar-refractivity contribution in [2.24, 2.45) is 0 Å². The van der Waals surface area contributed by atoms with Gasteiger partial charge in [0, 0.05) is 6.07 Å². The van der Waals surface area contributed by atoms with Crippen molar-refractivity contribution < 1.29 is 14.2 Å². The molecular weight excluding hydrogens is 362 g/mol. The highest BCUT2D eigenvalue weighted by molar-refractivity contribution is 6.32. The molecule has 0 aliphatic rings. The van der Waals surface area contributed by atoms with E-state index in [0.717, 1.165) is 11.3 Å². The van der Waals surface area contributed by atoms with Crippen LogP contribution in [0.15, 0.2) is 30.3 Å². The number of aryl methyl sites for hydroxylation is 1. The van der Waals surface area contributed by atoms with E-state index in [1.54, 1.807) is 12.1 Å². The van der Waals surface area contributed by atoms with E-state index < -0.39 is 0 Å². The number of hydrogen-bond donors (Lipinski definition) is 0. The van der Waals surface area contributed by atoms with Crippen molar-refractivity contribution in [3.05, 3.63) is 52.0 Å². The van der Waals surface area contributed by atoms with Gasteiger partial charge in [-0.1, -0.05) is 50.1 Å². The summed E-state index contributed by atoms with van der Waals surface area (Å²) in [6.07, 6.45) is 0. The van der Waals surface area contributed by atoms with Crippen LogP contribution < -0.4 is 14.2 Å². The van der Waals surface area contributed by atoms with Gasteiger partial charge in [-0.2, -0.15) is 5.26 Å². The Morgan fingerprint density at radius 1 is 1.00 bits per heavy atom. The molecule has 0 aliphatic heterocycles. The lowest BCUT2D eigenvalue weighted by molar-refractivity contribution is 0.206. The summed E-state index contributed by atoms with van der Waals surface area (Å²) in [5, 5.41) is 9.42. The first-order valence-electron chi connectivity index (χ1n) is 8.99. The maximum absolute atomic E-state index is 9.07. The van der Waals surface area contributed by atoms with Crippen LogP contribution >= 0.6 is 11.6 Å². The number of halogens is 1. The van der Waals surface area contributed by atoms with E-state index in [1.807, 2.05) is 19.1 Å². The zero-order chi connectivity index (χ0) is 20.0. The van der Waals surface area contributed by atoms with Crippen LogP contribution in [-0.2, 0) is 5.41 Å². The minimum Gasteiger partial charge on any atom is -0.490 e. The van der Waals surface area contributed by atoms with Crippen molar-refractivity contribution in [3.8, 4) is 23.3 Å². The molecule has 0 heterocycles. The number of hydrogen-bond acceptors (Lipinski definition) is 4. The van der Waals surface area contributed by atoms with E-state index in [2.05, 4.69) is 39.8 Å². The summed E-state index contributed by atoms with van der Waals surface area (Å²) in [5.41, 5.74) is 2.78. The Morgan fingerprint density at radius 3 is 2.33 bits per heavy atom. The molecule has 0 spiro atoms. The van der Waals surface area contributed by atoms with Gasteiger partial charge in [0.05, 0.1) is 23.3 Å². The summed E-state index contributed by atoms with van der Waals surface area (Å²) < 4.78 is 17.3. The molecule has 0 fully saturated rings. The van der Waals surface area contributed by atoms with Gasteiger partial charge in [0.2, 0.25) is 0 Å². The maximum Gasteiger partial charge on any atom is 0.179 e. The minimum atomic E-state index is -0.0131. The first-order valence-corrected chi connectivity index (χ1v) is 9.37. The number of benzene rings is 2. The second-order valence-electron chi connectivity index (χ2n) is 7.28. The molecule has 5 heteroatoms. The molecule has 0 saturated carbocycles. The predicted molar refractivity (Wildman–Crippen MR) is 108 cm³/mol. The highest BCUT2D eigenvalue weighted by atomic mass is 35.5. The molecule has 144 valence electrons. The van der Waals surface area contributed by atoms with Crippen LogP contribution in [0.25, 0.3) is 0 Å². The van der Waals surface area contributed by atoms with Crippen molar-refractivity contribution in [3.63, 3.8) is 0 Å². The molecule has 4 nitrogen and oxygen atoms in total. The average Bonchev–Trinajstić information content (AvgIpc) is 2.60. The van der Waals surface area contributed by atoms with Gasteiger partial charge in [0.15, 0.2) is 11.5 Å². The molecule has 0 N–H and O–H groups in total. The van der Waals surface area contributed by atoms with Gasteiger partial charge in [-0.3, -0.25) is 0 Å². The molecule has 0 saturated heterocycles. The highest BCUT2D eigenvalue weighted by Crippen LogP contribution is 2.37. The monoisotopic (exact) mass is 387 g/mol. The standard InChI is InChI=1S/C22H26ClNO3/c1-6-25-20-13-16(14-24)12-18(23)21(20)27-10-9-26-19-8-7-15(2)11-17(19)22(3,4)5/h7-8,11-13H,6,9-10H2,1-5H3. The molecule has 0 bridgehead atoms. The number of nitrogens with zero attached hydrogens (tertiary/aromatic N) is 1. The van der Waals surface area contributed by atoms with Crippen molar-refractivity contribution in [1.29, 1.82) is 5.26 Å². The van der Waals surface area contributed by atoms with Crippen LogP contribution in [-0.4, -0.2) is 19.8 Å². The lowest BCUT2D eigenvalue weighted by Crippen LogP contribution is -2.16. The lowest BCUT2D eigenvalue weighted by Gasteiger charge is -2.23. The van der Waals surface area contributed by atoms with Crippen molar-refractivity contribution >= 4 is 11.6 Å². The van der Waals surface area contributed by atoms with Crippen LogP contribution in [0.5, 0.6) is 17.2 Å². The number of ether oxygens (including phenoxy) is 3. The van der Waals surface area contributed by atoms with Crippen LogP contribution in [0.2, 0.25) is 5.02 Å². The lowest BCUT2D eigenvalue weighted by atomic mass is 9.85. The van der Waals surface area contributed by atoms with Gasteiger partial charge >= 0.3 is 0 Å². The predicted octanol–water partition coefficient (Wildman–Crippen LogP) is 5.67. The molecule has 2 aromatic rings. The zero-order valence-electron chi connectivity index (χ0n) is 16.6. The van der Waals surface area contributed by atoms with Crippen LogP contribution in [0.3, 0.4) is 0 Å². The fraction of sp³-hybridized carbons (Fsp3) is 0.409. The van der Waals surface area contributed by atoms with Gasteiger partial charge in [0.25, 0.3) is 0 Å². The Morgan fingerprint density at radius 2 is 1.70 bits per heavy atom. The molecule has 27 heavy (non-hydrogen) atoms. The zero-order valence-corrected chi connectivity index (χ0v) is 17.3. The Hall–Kier alpha value is -2.38. The Kier molecular flexibility index (Phi) is 6.98. The molecule has 0 radical (unpaired) electrons. The summed E-state index contributed by atoms with van der Waals surface area (Å²) in [6.45, 7) is 11.6. The van der Waals surface area contributed by atoms with E-state index in [9.17, 15) is 0 Å². The number of rotatable bonds is 7. The van der Waals surface area contributed by atoms with Gasteiger partial charge in [-0.15, -0.1) is 0 Å². The van der Waals surface area contributed by atoms with Crippen LogP contribution in [0.1, 0.15) is 44.4 Å². The normalized spacial score (nSPS) is 11.0. The fourth-order valence-corrected chi connectivity index (χ4v) is 2.95. The number of nitriles is 1. The maximum atomic E-state index is 9.07. The third kappa shape index (κ3) is 5.55. The van der Waals surface area contributed by atoms with Crippen molar-refractivity contribution in [2.75, 3.05) is 19.8 Å². The van der Waals surface area contributed by atoms with E-state index in [0.29, 0.717) is 41.9 Å². The molecule has 0 amide bonds. The third-order valence-corrected chi connectivity index (χ3v) is 4.25. The first-order chi connectivity index (χ1) is 12.8. The van der Waals surface area contributed by atoms with Gasteiger partial charge in [-0.05, 0) is 37.0 Å². The summed E-state index contributed by atoms with van der Waals surface area (Å²) >= 11 is 6.25. The Balaban J connectivity index is 2.07. The fourth-order valence-electron chi connectivity index (χ4n) is 2.69. The van der Waals surface area contributed by atoms with Gasteiger partial charge in [-0.25, -0.2) is 0 Å². The van der Waals surface area contributed by atoms with Crippen LogP contribution in [0, 0.1) is 18.3 Å². The Labute approximate surface area is 166 Å². The summed E-state index contributed by atoms with van der Waals surface area (Å²) in [4.78, 5) is 0. The molecule has 0 atom stereocenters. The average molecular weight is 388 g/mol. The SMILES string of the molecule is CCOc1cc(C#N)cc(Cl)c1OCCOc1ccc(C)cc1C(C)(C)C. The third-order valence-electron chi connectivity index (χ3n) is 3.97. The molecule has 0 aliphatic carbocycles. The second kappa shape index (κ2) is 9.01. The van der Waals surface area contributed by atoms with E-state index >= 15 is 0 Å². The summed E-state index contributed by atoms with van der Waals surface area (Å²) in [6, 6.07) is 11.4. The topological polar surface area (TPSA) is 51.5 Å². The van der Waals surface area contributed by atoms with E-state index in [1.165, 1.54) is 5.56 Å². The van der Waals surface area contributed by atoms with Crippen LogP contribution in [0.4, 0.5) is 0 Å². The smallest absolute Gasteiger partial charge is 0.179 e.